The van der Waals surface area contributed by atoms with E-state index in [0.717, 1.165) is 25.4 Å². The summed E-state index contributed by atoms with van der Waals surface area (Å²) in [6, 6.07) is 0. The van der Waals surface area contributed by atoms with Crippen LogP contribution in [0, 0.1) is 0 Å². The zero-order valence-corrected chi connectivity index (χ0v) is 14.3. The number of carbonyl (C=O) groups excluding carboxylic acids is 2. The Morgan fingerprint density at radius 1 is 0.739 bits per heavy atom. The lowest BCUT2D eigenvalue weighted by Crippen LogP contribution is -2.27. The largest absolute Gasteiger partial charge is 0.352 e. The molecule has 0 bridgehead atoms. The van der Waals surface area contributed by atoms with Crippen molar-refractivity contribution in [3.8, 4) is 0 Å². The zero-order valence-electron chi connectivity index (χ0n) is 14.3. The Morgan fingerprint density at radius 3 is 1.52 bits per heavy atom. The quantitative estimate of drug-likeness (QED) is 0.246. The maximum absolute atomic E-state index is 10.3. The molecule has 0 aliphatic heterocycles. The highest BCUT2D eigenvalue weighted by atomic mass is 16.8. The predicted octanol–water partition coefficient (Wildman–Crippen LogP) is 3.58. The van der Waals surface area contributed by atoms with Crippen molar-refractivity contribution in [1.82, 2.24) is 0 Å². The standard InChI is InChI=1S/C18H30O5/c1-3-15-21-17(11-7-5-9-13-19)23-18(22-16-4-2)12-8-6-10-14-20/h5-8,13-14,17-18H,3-4,9-12,15-16H2,1-2H3. The van der Waals surface area contributed by atoms with Gasteiger partial charge in [-0.1, -0.05) is 38.2 Å². The van der Waals surface area contributed by atoms with Crippen LogP contribution in [0.4, 0.5) is 0 Å². The molecule has 0 rings (SSSR count). The number of ether oxygens (including phenoxy) is 3. The zero-order chi connectivity index (χ0) is 17.2. The SMILES string of the molecule is CCCOC(CC=CCC=O)OC(CC=CCC=O)OCCC. The molecule has 2 atom stereocenters. The second kappa shape index (κ2) is 17.1. The van der Waals surface area contributed by atoms with E-state index in [9.17, 15) is 9.59 Å². The van der Waals surface area contributed by atoms with Crippen molar-refractivity contribution in [1.29, 1.82) is 0 Å². The first-order chi connectivity index (χ1) is 11.3. The topological polar surface area (TPSA) is 61.8 Å². The molecular weight excluding hydrogens is 296 g/mol. The third kappa shape index (κ3) is 14.0. The maximum atomic E-state index is 10.3. The van der Waals surface area contributed by atoms with Crippen LogP contribution < -0.4 is 0 Å². The van der Waals surface area contributed by atoms with E-state index in [0.29, 0.717) is 38.9 Å². The molecule has 0 saturated carbocycles. The first-order valence-electron chi connectivity index (χ1n) is 8.34. The second-order valence-corrected chi connectivity index (χ2v) is 4.96. The first-order valence-corrected chi connectivity index (χ1v) is 8.34. The molecule has 5 nitrogen and oxygen atoms in total. The van der Waals surface area contributed by atoms with Crippen molar-refractivity contribution < 1.29 is 23.8 Å². The van der Waals surface area contributed by atoms with Crippen LogP contribution in [0.5, 0.6) is 0 Å². The summed E-state index contributed by atoms with van der Waals surface area (Å²) in [7, 11) is 0. The number of hydrogen-bond donors (Lipinski definition) is 0. The van der Waals surface area contributed by atoms with Gasteiger partial charge in [0, 0.05) is 38.9 Å². The van der Waals surface area contributed by atoms with E-state index in [2.05, 4.69) is 0 Å². The van der Waals surface area contributed by atoms with E-state index in [4.69, 9.17) is 14.2 Å². The summed E-state index contributed by atoms with van der Waals surface area (Å²) in [4.78, 5) is 20.6. The lowest BCUT2D eigenvalue weighted by molar-refractivity contribution is -0.242. The van der Waals surface area contributed by atoms with Crippen molar-refractivity contribution in [2.45, 2.75) is 65.0 Å². The van der Waals surface area contributed by atoms with E-state index < -0.39 is 12.6 Å². The molecule has 0 saturated heterocycles. The number of carbonyl (C=O) groups is 2. The van der Waals surface area contributed by atoms with Crippen LogP contribution in [0.3, 0.4) is 0 Å². The van der Waals surface area contributed by atoms with Gasteiger partial charge in [-0.3, -0.25) is 0 Å². The minimum atomic E-state index is -0.404. The van der Waals surface area contributed by atoms with E-state index in [1.807, 2.05) is 26.0 Å². The Kier molecular flexibility index (Phi) is 16.1. The summed E-state index contributed by atoms with van der Waals surface area (Å²) < 4.78 is 17.3. The summed E-state index contributed by atoms with van der Waals surface area (Å²) in [6.45, 7) is 5.28. The monoisotopic (exact) mass is 326 g/mol. The van der Waals surface area contributed by atoms with Crippen molar-refractivity contribution >= 4 is 12.6 Å². The minimum Gasteiger partial charge on any atom is -0.352 e. The second-order valence-electron chi connectivity index (χ2n) is 4.96. The smallest absolute Gasteiger partial charge is 0.164 e. The van der Waals surface area contributed by atoms with Gasteiger partial charge >= 0.3 is 0 Å². The van der Waals surface area contributed by atoms with E-state index in [1.165, 1.54) is 0 Å². The Hall–Kier alpha value is -1.30. The summed E-state index contributed by atoms with van der Waals surface area (Å²) >= 11 is 0. The fourth-order valence-corrected chi connectivity index (χ4v) is 1.71. The van der Waals surface area contributed by atoms with Crippen LogP contribution in [0.15, 0.2) is 24.3 Å². The molecule has 132 valence electrons. The van der Waals surface area contributed by atoms with Crippen molar-refractivity contribution in [2.24, 2.45) is 0 Å². The molecule has 23 heavy (non-hydrogen) atoms. The number of allylic oxidation sites excluding steroid dienone is 2. The molecule has 0 fully saturated rings. The van der Waals surface area contributed by atoms with Crippen LogP contribution in [0.1, 0.15) is 52.4 Å². The molecule has 0 radical (unpaired) electrons. The van der Waals surface area contributed by atoms with Crippen molar-refractivity contribution in [2.75, 3.05) is 13.2 Å². The number of hydrogen-bond acceptors (Lipinski definition) is 5. The van der Waals surface area contributed by atoms with Crippen LogP contribution in [0.25, 0.3) is 0 Å². The van der Waals surface area contributed by atoms with Gasteiger partial charge in [-0.15, -0.1) is 0 Å². The minimum absolute atomic E-state index is 0.394. The molecule has 0 spiro atoms. The van der Waals surface area contributed by atoms with Gasteiger partial charge in [0.05, 0.1) is 0 Å². The lowest BCUT2D eigenvalue weighted by Gasteiger charge is -2.23. The van der Waals surface area contributed by atoms with Crippen molar-refractivity contribution in [3.63, 3.8) is 0 Å². The van der Waals surface area contributed by atoms with Gasteiger partial charge < -0.3 is 23.8 Å². The van der Waals surface area contributed by atoms with Gasteiger partial charge in [0.2, 0.25) is 0 Å². The third-order valence-corrected chi connectivity index (χ3v) is 2.77. The van der Waals surface area contributed by atoms with Crippen LogP contribution in [0.2, 0.25) is 0 Å². The van der Waals surface area contributed by atoms with E-state index in [-0.39, 0.29) is 0 Å². The number of rotatable bonds is 16. The highest BCUT2D eigenvalue weighted by molar-refractivity contribution is 5.52. The fourth-order valence-electron chi connectivity index (χ4n) is 1.71. The molecule has 0 heterocycles. The molecule has 0 aromatic rings. The Balaban J connectivity index is 4.51. The molecular formula is C18H30O5. The van der Waals surface area contributed by atoms with Gasteiger partial charge in [0.1, 0.15) is 12.6 Å². The Labute approximate surface area is 139 Å². The summed E-state index contributed by atoms with van der Waals surface area (Å²) in [6.07, 6.45) is 12.0. The highest BCUT2D eigenvalue weighted by Gasteiger charge is 2.15. The van der Waals surface area contributed by atoms with Crippen LogP contribution in [-0.4, -0.2) is 38.4 Å². The van der Waals surface area contributed by atoms with Crippen LogP contribution in [-0.2, 0) is 23.8 Å². The highest BCUT2D eigenvalue weighted by Crippen LogP contribution is 2.12. The lowest BCUT2D eigenvalue weighted by atomic mass is 10.3. The summed E-state index contributed by atoms with van der Waals surface area (Å²) in [5.41, 5.74) is 0. The average Bonchev–Trinajstić information content (AvgIpc) is 2.57. The molecule has 0 aliphatic carbocycles. The average molecular weight is 326 g/mol. The van der Waals surface area contributed by atoms with Crippen LogP contribution >= 0.6 is 0 Å². The molecule has 0 aromatic carbocycles. The van der Waals surface area contributed by atoms with Gasteiger partial charge in [0.15, 0.2) is 12.6 Å². The summed E-state index contributed by atoms with van der Waals surface area (Å²) in [5.74, 6) is 0. The third-order valence-electron chi connectivity index (χ3n) is 2.77. The fraction of sp³-hybridized carbons (Fsp3) is 0.667. The summed E-state index contributed by atoms with van der Waals surface area (Å²) in [5, 5.41) is 0. The van der Waals surface area contributed by atoms with Gasteiger partial charge in [-0.25, -0.2) is 0 Å². The molecule has 0 aromatic heterocycles. The van der Waals surface area contributed by atoms with Gasteiger partial charge in [-0.2, -0.15) is 0 Å². The van der Waals surface area contributed by atoms with Crippen molar-refractivity contribution in [3.05, 3.63) is 24.3 Å². The predicted molar refractivity (Wildman–Crippen MR) is 90.0 cm³/mol. The molecule has 2 unspecified atom stereocenters. The molecule has 0 amide bonds. The normalized spacial score (nSPS) is 14.3. The first kappa shape index (κ1) is 21.7. The number of aldehydes is 2. The maximum Gasteiger partial charge on any atom is 0.164 e. The molecule has 0 N–H and O–H groups in total. The molecule has 0 aliphatic rings. The van der Waals surface area contributed by atoms with E-state index >= 15 is 0 Å². The van der Waals surface area contributed by atoms with Gasteiger partial charge in [0.25, 0.3) is 0 Å². The Bertz CT molecular complexity index is 306. The van der Waals surface area contributed by atoms with Gasteiger partial charge in [-0.05, 0) is 12.8 Å². The van der Waals surface area contributed by atoms with E-state index in [1.54, 1.807) is 12.2 Å². The Morgan fingerprint density at radius 2 is 1.17 bits per heavy atom. The molecule has 5 heteroatoms.